The van der Waals surface area contributed by atoms with E-state index >= 15 is 0 Å². The van der Waals surface area contributed by atoms with Crippen LogP contribution in [-0.2, 0) is 19.1 Å². The molecule has 1 aromatic rings. The van der Waals surface area contributed by atoms with Gasteiger partial charge in [0, 0.05) is 24.0 Å². The quantitative estimate of drug-likeness (QED) is 0.529. The zero-order valence-electron chi connectivity index (χ0n) is 15.6. The second-order valence-corrected chi connectivity index (χ2v) is 7.66. The van der Waals surface area contributed by atoms with Gasteiger partial charge in [0.05, 0.1) is 12.4 Å². The van der Waals surface area contributed by atoms with Crippen molar-refractivity contribution in [3.63, 3.8) is 0 Å². The number of hydrogen-bond donors (Lipinski definition) is 0. The van der Waals surface area contributed by atoms with E-state index in [4.69, 9.17) is 9.47 Å². The maximum absolute atomic E-state index is 12.9. The number of nitrogens with zero attached hydrogens (tertiary/aromatic N) is 2. The Bertz CT molecular complexity index is 722. The number of piperidine rings is 1. The van der Waals surface area contributed by atoms with Crippen molar-refractivity contribution in [1.29, 1.82) is 0 Å². The molecule has 7 nitrogen and oxygen atoms in total. The molecular formula is C19H23FN2O5S. The first-order valence-electron chi connectivity index (χ1n) is 9.27. The number of carbonyl (C=O) groups excluding carboxylic acids is 3. The summed E-state index contributed by atoms with van der Waals surface area (Å²) in [6.07, 6.45) is 0.658. The summed E-state index contributed by atoms with van der Waals surface area (Å²) < 4.78 is 23.0. The molecule has 0 saturated carbocycles. The van der Waals surface area contributed by atoms with Gasteiger partial charge < -0.3 is 14.4 Å². The van der Waals surface area contributed by atoms with Crippen molar-refractivity contribution in [3.8, 4) is 0 Å². The molecule has 0 aliphatic carbocycles. The van der Waals surface area contributed by atoms with E-state index in [1.807, 2.05) is 0 Å². The summed E-state index contributed by atoms with van der Waals surface area (Å²) in [5.74, 6) is -0.492. The van der Waals surface area contributed by atoms with Gasteiger partial charge in [-0.05, 0) is 44.0 Å². The van der Waals surface area contributed by atoms with Crippen molar-refractivity contribution in [3.05, 3.63) is 30.1 Å². The molecule has 1 atom stereocenters. The minimum Gasteiger partial charge on any atom is -0.464 e. The minimum absolute atomic E-state index is 0.00119. The highest BCUT2D eigenvalue weighted by atomic mass is 32.2. The summed E-state index contributed by atoms with van der Waals surface area (Å²) in [6, 6.07) is 5.16. The number of likely N-dealkylation sites (tertiary alicyclic amines) is 1. The van der Waals surface area contributed by atoms with E-state index in [0.717, 1.165) is 4.90 Å². The van der Waals surface area contributed by atoms with Crippen LogP contribution in [0.1, 0.15) is 19.8 Å². The lowest BCUT2D eigenvalue weighted by Crippen LogP contribution is -2.52. The summed E-state index contributed by atoms with van der Waals surface area (Å²) in [5, 5.41) is 0. The lowest BCUT2D eigenvalue weighted by Gasteiger charge is -2.37. The van der Waals surface area contributed by atoms with E-state index in [0.29, 0.717) is 25.9 Å². The average molecular weight is 410 g/mol. The molecule has 0 aromatic heterocycles. The number of hydrogen-bond acceptors (Lipinski definition) is 6. The fourth-order valence-corrected chi connectivity index (χ4v) is 4.22. The van der Waals surface area contributed by atoms with Crippen LogP contribution in [0.4, 0.5) is 9.18 Å². The summed E-state index contributed by atoms with van der Waals surface area (Å²) in [6.45, 7) is 2.98. The fraction of sp³-hybridized carbons (Fsp3) is 0.526. The smallest absolute Gasteiger partial charge is 0.410 e. The summed E-state index contributed by atoms with van der Waals surface area (Å²) >= 11 is 1.36. The molecule has 0 bridgehead atoms. The number of carbonyl (C=O) groups is 3. The molecule has 152 valence electrons. The van der Waals surface area contributed by atoms with E-state index in [1.54, 1.807) is 24.0 Å². The number of halogens is 1. The highest BCUT2D eigenvalue weighted by molar-refractivity contribution is 8.00. The van der Waals surface area contributed by atoms with Gasteiger partial charge >= 0.3 is 12.1 Å². The third-order valence-electron chi connectivity index (χ3n) is 4.86. The molecule has 0 spiro atoms. The van der Waals surface area contributed by atoms with Crippen molar-refractivity contribution in [1.82, 2.24) is 9.80 Å². The minimum atomic E-state index is -0.714. The zero-order chi connectivity index (χ0) is 20.1. The first-order chi connectivity index (χ1) is 13.5. The normalized spacial score (nSPS) is 20.2. The Kier molecular flexibility index (Phi) is 6.77. The van der Waals surface area contributed by atoms with E-state index in [-0.39, 0.29) is 36.7 Å². The Hall–Kier alpha value is -2.29. The average Bonchev–Trinajstić information content (AvgIpc) is 3.09. The molecule has 0 radical (unpaired) electrons. The first kappa shape index (κ1) is 20.4. The van der Waals surface area contributed by atoms with E-state index in [1.165, 1.54) is 28.8 Å². The van der Waals surface area contributed by atoms with E-state index in [9.17, 15) is 18.8 Å². The van der Waals surface area contributed by atoms with Gasteiger partial charge in [0.2, 0.25) is 5.91 Å². The van der Waals surface area contributed by atoms with Gasteiger partial charge in [0.1, 0.15) is 12.4 Å². The SMILES string of the molecule is CCOC(=O)C1COC(=O)N1C1CCN(C(=O)CSc2ccc(F)cc2)CC1. The topological polar surface area (TPSA) is 76.2 Å². The van der Waals surface area contributed by atoms with Crippen LogP contribution in [0, 0.1) is 5.82 Å². The highest BCUT2D eigenvalue weighted by Gasteiger charge is 2.44. The Labute approximate surface area is 167 Å². The molecular weight excluding hydrogens is 387 g/mol. The predicted molar refractivity (Wildman–Crippen MR) is 100 cm³/mol. The van der Waals surface area contributed by atoms with Gasteiger partial charge in [0.15, 0.2) is 6.04 Å². The molecule has 1 unspecified atom stereocenters. The third-order valence-corrected chi connectivity index (χ3v) is 5.85. The lowest BCUT2D eigenvalue weighted by atomic mass is 10.0. The monoisotopic (exact) mass is 410 g/mol. The Morgan fingerprint density at radius 2 is 1.93 bits per heavy atom. The van der Waals surface area contributed by atoms with Gasteiger partial charge in [-0.25, -0.2) is 14.0 Å². The molecule has 1 aromatic carbocycles. The molecule has 2 heterocycles. The van der Waals surface area contributed by atoms with E-state index in [2.05, 4.69) is 0 Å². The van der Waals surface area contributed by atoms with Crippen LogP contribution in [0.2, 0.25) is 0 Å². The number of amides is 2. The first-order valence-corrected chi connectivity index (χ1v) is 10.3. The van der Waals surface area contributed by atoms with Crippen LogP contribution in [-0.4, -0.2) is 71.9 Å². The molecule has 0 N–H and O–H groups in total. The maximum atomic E-state index is 12.9. The number of ether oxygens (including phenoxy) is 2. The fourth-order valence-electron chi connectivity index (χ4n) is 3.42. The van der Waals surface area contributed by atoms with Crippen molar-refractivity contribution >= 4 is 29.7 Å². The van der Waals surface area contributed by atoms with Crippen LogP contribution >= 0.6 is 11.8 Å². The van der Waals surface area contributed by atoms with E-state index < -0.39 is 18.1 Å². The van der Waals surface area contributed by atoms with Crippen molar-refractivity contribution in [2.24, 2.45) is 0 Å². The number of cyclic esters (lactones) is 1. The van der Waals surface area contributed by atoms with Crippen molar-refractivity contribution < 1.29 is 28.2 Å². The maximum Gasteiger partial charge on any atom is 0.410 e. The number of benzene rings is 1. The summed E-state index contributed by atoms with van der Waals surface area (Å²) in [7, 11) is 0. The van der Waals surface area contributed by atoms with Gasteiger partial charge in [-0.15, -0.1) is 11.8 Å². The highest BCUT2D eigenvalue weighted by Crippen LogP contribution is 2.26. The summed E-state index contributed by atoms with van der Waals surface area (Å²) in [4.78, 5) is 40.6. The van der Waals surface area contributed by atoms with Crippen molar-refractivity contribution in [2.75, 3.05) is 32.1 Å². The number of rotatable bonds is 6. The summed E-state index contributed by atoms with van der Waals surface area (Å²) in [5.41, 5.74) is 0. The molecule has 2 saturated heterocycles. The second kappa shape index (κ2) is 9.27. The standard InChI is InChI=1S/C19H23FN2O5S/c1-2-26-18(24)16-11-27-19(25)22(16)14-7-9-21(10-8-14)17(23)12-28-15-5-3-13(20)4-6-15/h3-6,14,16H,2,7-12H2,1H3. The molecule has 28 heavy (non-hydrogen) atoms. The van der Waals surface area contributed by atoms with Gasteiger partial charge in [0.25, 0.3) is 0 Å². The Balaban J connectivity index is 1.50. The zero-order valence-corrected chi connectivity index (χ0v) is 16.5. The van der Waals surface area contributed by atoms with Crippen LogP contribution in [0.25, 0.3) is 0 Å². The molecule has 3 rings (SSSR count). The number of esters is 1. The van der Waals surface area contributed by atoms with Crippen LogP contribution in [0.15, 0.2) is 29.2 Å². The molecule has 2 fully saturated rings. The van der Waals surface area contributed by atoms with Crippen molar-refractivity contribution in [2.45, 2.75) is 36.7 Å². The predicted octanol–water partition coefficient (Wildman–Crippen LogP) is 2.29. The molecule has 2 aliphatic heterocycles. The van der Waals surface area contributed by atoms with Crippen LogP contribution in [0.3, 0.4) is 0 Å². The molecule has 9 heteroatoms. The Morgan fingerprint density at radius 3 is 2.57 bits per heavy atom. The third kappa shape index (κ3) is 4.76. The van der Waals surface area contributed by atoms with Gasteiger partial charge in [-0.3, -0.25) is 9.69 Å². The Morgan fingerprint density at radius 1 is 1.25 bits per heavy atom. The molecule has 2 amide bonds. The number of thioether (sulfide) groups is 1. The molecule has 2 aliphatic rings. The lowest BCUT2D eigenvalue weighted by molar-refractivity contribution is -0.148. The van der Waals surface area contributed by atoms with Gasteiger partial charge in [-0.1, -0.05) is 0 Å². The largest absolute Gasteiger partial charge is 0.464 e. The van der Waals surface area contributed by atoms with Crippen LogP contribution in [0.5, 0.6) is 0 Å². The second-order valence-electron chi connectivity index (χ2n) is 6.61. The van der Waals surface area contributed by atoms with Crippen LogP contribution < -0.4 is 0 Å². The van der Waals surface area contributed by atoms with Gasteiger partial charge in [-0.2, -0.15) is 0 Å².